The van der Waals surface area contributed by atoms with Gasteiger partial charge in [0.05, 0.1) is 18.3 Å². The summed E-state index contributed by atoms with van der Waals surface area (Å²) in [4.78, 5) is 0. The largest absolute Gasteiger partial charge is 0.372 e. The first kappa shape index (κ1) is 20.6. The molecule has 1 aliphatic heterocycles. The maximum atomic E-state index is 6.46. The highest BCUT2D eigenvalue weighted by atomic mass is 31.2. The Kier molecular flexibility index (Phi) is 5.71. The van der Waals surface area contributed by atoms with E-state index in [0.717, 1.165) is 0 Å². The number of rotatable bonds is 5. The molecule has 4 heteroatoms. The molecule has 4 atom stereocenters. The van der Waals surface area contributed by atoms with Gasteiger partial charge in [0.1, 0.15) is 0 Å². The lowest BCUT2D eigenvalue weighted by Crippen LogP contribution is -2.51. The van der Waals surface area contributed by atoms with Crippen LogP contribution in [0.25, 0.3) is 0 Å². The lowest BCUT2D eigenvalue weighted by atomic mass is 9.72. The van der Waals surface area contributed by atoms with Crippen molar-refractivity contribution in [2.24, 2.45) is 11.3 Å². The van der Waals surface area contributed by atoms with Crippen molar-refractivity contribution in [2.75, 3.05) is 26.7 Å². The van der Waals surface area contributed by atoms with E-state index >= 15 is 0 Å². The third-order valence-corrected chi connectivity index (χ3v) is 10.5. The highest BCUT2D eigenvalue weighted by Gasteiger charge is 2.55. The van der Waals surface area contributed by atoms with Crippen molar-refractivity contribution in [1.82, 2.24) is 0 Å². The van der Waals surface area contributed by atoms with Crippen LogP contribution in [0, 0.1) is 11.3 Å². The Morgan fingerprint density at radius 1 is 0.955 bits per heavy atom. The molecule has 132 valence electrons. The van der Waals surface area contributed by atoms with Crippen molar-refractivity contribution < 1.29 is 9.26 Å². The van der Waals surface area contributed by atoms with E-state index in [-0.39, 0.29) is 28.9 Å². The van der Waals surface area contributed by atoms with Crippen LogP contribution in [0.5, 0.6) is 0 Å². The fourth-order valence-electron chi connectivity index (χ4n) is 3.17. The Morgan fingerprint density at radius 2 is 1.41 bits per heavy atom. The summed E-state index contributed by atoms with van der Waals surface area (Å²) >= 11 is 0. The Hall–Kier alpha value is 0.520. The van der Waals surface area contributed by atoms with Gasteiger partial charge in [0.15, 0.2) is 0 Å². The minimum atomic E-state index is -1.57. The van der Waals surface area contributed by atoms with Gasteiger partial charge in [-0.3, -0.25) is 0 Å². The molecule has 22 heavy (non-hydrogen) atoms. The van der Waals surface area contributed by atoms with E-state index in [4.69, 9.17) is 9.26 Å². The molecule has 2 nitrogen and oxygen atoms in total. The highest BCUT2D eigenvalue weighted by molar-refractivity contribution is 7.73. The van der Waals surface area contributed by atoms with Gasteiger partial charge in [0.2, 0.25) is 0 Å². The molecule has 1 rings (SSSR count). The van der Waals surface area contributed by atoms with Gasteiger partial charge in [-0.1, -0.05) is 40.9 Å². The summed E-state index contributed by atoms with van der Waals surface area (Å²) in [5.41, 5.74) is -0.00904. The number of hydrogen-bond donors (Lipinski definition) is 0. The van der Waals surface area contributed by atoms with E-state index in [2.05, 4.69) is 80.8 Å². The molecule has 0 bridgehead atoms. The molecule has 0 aliphatic carbocycles. The molecule has 0 aromatic heterocycles. The second-order valence-corrected chi connectivity index (χ2v) is 17.1. The van der Waals surface area contributed by atoms with Gasteiger partial charge >= 0.3 is 0 Å². The first-order valence-electron chi connectivity index (χ1n) is 8.23. The SMILES string of the molecule is C=P(C)(C)O[C@H]1[C@@H](C)[C@H](C)O[C@@H]1C(C)(C)C(C)(C)P(=C)(C)C. The van der Waals surface area contributed by atoms with Gasteiger partial charge in [0.25, 0.3) is 0 Å². The summed E-state index contributed by atoms with van der Waals surface area (Å²) in [5.74, 6) is 0.396. The van der Waals surface area contributed by atoms with Crippen LogP contribution < -0.4 is 0 Å². The number of hydrogen-bond acceptors (Lipinski definition) is 2. The highest BCUT2D eigenvalue weighted by Crippen LogP contribution is 2.62. The third kappa shape index (κ3) is 3.77. The van der Waals surface area contributed by atoms with Gasteiger partial charge in [0, 0.05) is 11.3 Å². The summed E-state index contributed by atoms with van der Waals surface area (Å²) in [6.45, 7) is 21.4. The fourth-order valence-corrected chi connectivity index (χ4v) is 5.81. The zero-order valence-corrected chi connectivity index (χ0v) is 18.2. The molecular weight excluding hydrogens is 310 g/mol. The van der Waals surface area contributed by atoms with Crippen LogP contribution in [-0.4, -0.2) is 62.7 Å². The summed E-state index contributed by atoms with van der Waals surface area (Å²) < 4.78 is 12.9. The molecule has 1 fully saturated rings. The minimum absolute atomic E-state index is 0.00904. The van der Waals surface area contributed by atoms with Gasteiger partial charge < -0.3 is 9.26 Å². The van der Waals surface area contributed by atoms with Crippen molar-refractivity contribution in [3.63, 3.8) is 0 Å². The Balaban J connectivity index is 3.26. The van der Waals surface area contributed by atoms with Crippen LogP contribution in [-0.2, 0) is 9.26 Å². The molecule has 1 aliphatic rings. The normalized spacial score (nSPS) is 31.5. The predicted octanol–water partition coefficient (Wildman–Crippen LogP) is 4.93. The second kappa shape index (κ2) is 6.11. The van der Waals surface area contributed by atoms with Crippen molar-refractivity contribution in [2.45, 2.75) is 65.0 Å². The molecule has 0 N–H and O–H groups in total. The minimum Gasteiger partial charge on any atom is -0.372 e. The van der Waals surface area contributed by atoms with Crippen LogP contribution in [0.4, 0.5) is 0 Å². The van der Waals surface area contributed by atoms with Crippen molar-refractivity contribution in [3.8, 4) is 0 Å². The smallest absolute Gasteiger partial charge is 0.0933 e. The average molecular weight is 348 g/mol. The predicted molar refractivity (Wildman–Crippen MR) is 108 cm³/mol. The summed E-state index contributed by atoms with van der Waals surface area (Å²) in [6.07, 6.45) is 9.21. The van der Waals surface area contributed by atoms with Crippen LogP contribution in [0.1, 0.15) is 41.5 Å². The Bertz CT molecular complexity index is 495. The summed E-state index contributed by atoms with van der Waals surface area (Å²) in [6, 6.07) is 0. The van der Waals surface area contributed by atoms with Crippen LogP contribution >= 0.6 is 14.0 Å². The zero-order chi connectivity index (χ0) is 17.7. The fraction of sp³-hybridized carbons (Fsp3) is 0.889. The van der Waals surface area contributed by atoms with Crippen molar-refractivity contribution in [1.29, 1.82) is 0 Å². The van der Waals surface area contributed by atoms with E-state index in [1.165, 1.54) is 0 Å². The molecule has 0 spiro atoms. The monoisotopic (exact) mass is 348 g/mol. The van der Waals surface area contributed by atoms with Crippen LogP contribution in [0.3, 0.4) is 0 Å². The first-order chi connectivity index (χ1) is 9.52. The van der Waals surface area contributed by atoms with Crippen molar-refractivity contribution >= 4 is 26.6 Å². The van der Waals surface area contributed by atoms with E-state index < -0.39 is 14.0 Å². The molecule has 0 aromatic rings. The molecular formula is C18H38O2P2. The lowest BCUT2D eigenvalue weighted by Gasteiger charge is -2.52. The van der Waals surface area contributed by atoms with Gasteiger partial charge in [-0.15, -0.1) is 13.2 Å². The van der Waals surface area contributed by atoms with E-state index in [1.54, 1.807) is 0 Å². The Labute approximate surface area is 139 Å². The van der Waals surface area contributed by atoms with E-state index in [1.807, 2.05) is 0 Å². The third-order valence-electron chi connectivity index (χ3n) is 6.13. The number of ether oxygens (including phenoxy) is 1. The van der Waals surface area contributed by atoms with E-state index in [9.17, 15) is 0 Å². The maximum absolute atomic E-state index is 6.46. The standard InChI is InChI=1S/C18H38O2P2/c1-13-14(2)19-16(15(13)20-22(10,11)12)17(3,4)18(5,6)21(7,8)9/h13-16H,7,10H2,1-6,8-9,11-12H3/t13-,14-,15-,16-/m0/s1. The quantitative estimate of drug-likeness (QED) is 0.656. The molecule has 0 amide bonds. The Morgan fingerprint density at radius 3 is 1.77 bits per heavy atom. The zero-order valence-electron chi connectivity index (χ0n) is 16.4. The maximum Gasteiger partial charge on any atom is 0.0933 e. The molecule has 0 saturated carbocycles. The van der Waals surface area contributed by atoms with Crippen molar-refractivity contribution in [3.05, 3.63) is 0 Å². The molecule has 0 aromatic carbocycles. The topological polar surface area (TPSA) is 18.5 Å². The van der Waals surface area contributed by atoms with E-state index in [0.29, 0.717) is 5.92 Å². The molecule has 0 unspecified atom stereocenters. The molecule has 1 heterocycles. The lowest BCUT2D eigenvalue weighted by molar-refractivity contribution is -0.0588. The second-order valence-electron chi connectivity index (χ2n) is 9.23. The average Bonchev–Trinajstić information content (AvgIpc) is 2.54. The van der Waals surface area contributed by atoms with Gasteiger partial charge in [-0.05, 0) is 45.9 Å². The summed E-state index contributed by atoms with van der Waals surface area (Å²) in [7, 11) is -1.57. The molecule has 0 radical (unpaired) electrons. The molecule has 1 saturated heterocycles. The van der Waals surface area contributed by atoms with Crippen LogP contribution in [0.15, 0.2) is 0 Å². The van der Waals surface area contributed by atoms with Gasteiger partial charge in [-0.2, -0.15) is 0 Å². The summed E-state index contributed by atoms with van der Waals surface area (Å²) in [5, 5.41) is 0.111. The van der Waals surface area contributed by atoms with Crippen LogP contribution in [0.2, 0.25) is 0 Å². The first-order valence-corrected chi connectivity index (χ1v) is 13.9. The van der Waals surface area contributed by atoms with Gasteiger partial charge in [-0.25, -0.2) is 0 Å².